The highest BCUT2D eigenvalue weighted by molar-refractivity contribution is 6.35. The minimum Gasteiger partial charge on any atom is -0.455 e. The fourth-order valence-corrected chi connectivity index (χ4v) is 2.64. The number of nitrogens with one attached hydrogen (secondary N) is 1. The monoisotopic (exact) mass is 408 g/mol. The third-order valence-corrected chi connectivity index (χ3v) is 4.12. The molecule has 2 amide bonds. The van der Waals surface area contributed by atoms with E-state index in [0.29, 0.717) is 26.9 Å². The number of hydrogen-bond donors (Lipinski definition) is 1. The fourth-order valence-electron chi connectivity index (χ4n) is 2.17. The first-order chi connectivity index (χ1) is 12.8. The number of ether oxygens (including phenoxy) is 1. The minimum atomic E-state index is -0.582. The zero-order valence-corrected chi connectivity index (χ0v) is 16.3. The first-order valence-corrected chi connectivity index (χ1v) is 8.73. The molecule has 0 radical (unpaired) electrons. The van der Waals surface area contributed by atoms with Crippen molar-refractivity contribution in [1.29, 1.82) is 0 Å². The lowest BCUT2D eigenvalue weighted by Crippen LogP contribution is -2.22. The first-order valence-electron chi connectivity index (χ1n) is 7.97. The third-order valence-electron chi connectivity index (χ3n) is 3.54. The van der Waals surface area contributed by atoms with Crippen LogP contribution in [0.1, 0.15) is 15.9 Å². The van der Waals surface area contributed by atoms with Gasteiger partial charge in [-0.25, -0.2) is 0 Å². The summed E-state index contributed by atoms with van der Waals surface area (Å²) in [6, 6.07) is 11.2. The highest BCUT2D eigenvalue weighted by Gasteiger charge is 2.12. The largest absolute Gasteiger partial charge is 0.455 e. The van der Waals surface area contributed by atoms with Crippen LogP contribution in [0.3, 0.4) is 0 Å². The molecule has 1 N–H and O–H groups in total. The smallest absolute Gasteiger partial charge is 0.310 e. The molecule has 27 heavy (non-hydrogen) atoms. The summed E-state index contributed by atoms with van der Waals surface area (Å²) in [4.78, 5) is 37.0. The van der Waals surface area contributed by atoms with Gasteiger partial charge in [0.15, 0.2) is 6.61 Å². The maximum Gasteiger partial charge on any atom is 0.310 e. The van der Waals surface area contributed by atoms with Gasteiger partial charge >= 0.3 is 5.97 Å². The van der Waals surface area contributed by atoms with E-state index in [-0.39, 0.29) is 12.3 Å². The summed E-state index contributed by atoms with van der Waals surface area (Å²) >= 11 is 11.8. The van der Waals surface area contributed by atoms with Crippen molar-refractivity contribution in [3.05, 3.63) is 63.6 Å². The molecule has 0 saturated heterocycles. The summed E-state index contributed by atoms with van der Waals surface area (Å²) in [7, 11) is 3.31. The Hall–Kier alpha value is -2.57. The molecule has 8 heteroatoms. The molecule has 2 aromatic rings. The van der Waals surface area contributed by atoms with Crippen LogP contribution >= 0.6 is 23.2 Å². The van der Waals surface area contributed by atoms with Gasteiger partial charge in [-0.05, 0) is 42.0 Å². The molecule has 0 unspecified atom stereocenters. The van der Waals surface area contributed by atoms with Crippen LogP contribution in [0.5, 0.6) is 0 Å². The Labute approximate surface area is 167 Å². The number of hydrogen-bond acceptors (Lipinski definition) is 4. The van der Waals surface area contributed by atoms with Gasteiger partial charge in [-0.2, -0.15) is 0 Å². The predicted octanol–water partition coefficient (Wildman–Crippen LogP) is 3.42. The van der Waals surface area contributed by atoms with E-state index in [4.69, 9.17) is 27.9 Å². The Balaban J connectivity index is 1.83. The number of anilines is 1. The summed E-state index contributed by atoms with van der Waals surface area (Å²) in [6.07, 6.45) is -0.0649. The van der Waals surface area contributed by atoms with Crippen molar-refractivity contribution >= 4 is 46.7 Å². The Morgan fingerprint density at radius 3 is 2.30 bits per heavy atom. The van der Waals surface area contributed by atoms with Gasteiger partial charge in [0.1, 0.15) is 0 Å². The predicted molar refractivity (Wildman–Crippen MR) is 104 cm³/mol. The number of benzene rings is 2. The Bertz CT molecular complexity index is 851. The average molecular weight is 409 g/mol. The van der Waals surface area contributed by atoms with E-state index >= 15 is 0 Å². The van der Waals surface area contributed by atoms with Crippen molar-refractivity contribution < 1.29 is 19.1 Å². The second-order valence-corrected chi connectivity index (χ2v) is 6.74. The molecular formula is C19H18Cl2N2O4. The Morgan fingerprint density at radius 2 is 1.70 bits per heavy atom. The number of nitrogens with zero attached hydrogens (tertiary/aromatic N) is 1. The Kier molecular flexibility index (Phi) is 7.21. The molecule has 0 spiro atoms. The van der Waals surface area contributed by atoms with Gasteiger partial charge < -0.3 is 15.0 Å². The SMILES string of the molecule is CN(C)C(=O)c1ccc(NC(=O)COC(=O)Cc2ccc(Cl)cc2Cl)cc1. The number of amides is 2. The van der Waals surface area contributed by atoms with E-state index in [0.717, 1.165) is 0 Å². The molecule has 0 aromatic heterocycles. The van der Waals surface area contributed by atoms with Crippen molar-refractivity contribution in [2.24, 2.45) is 0 Å². The standard InChI is InChI=1S/C19H18Cl2N2O4/c1-23(2)19(26)12-4-7-15(8-5-12)22-17(24)11-27-18(25)9-13-3-6-14(20)10-16(13)21/h3-8,10H,9,11H2,1-2H3,(H,22,24). The first kappa shape index (κ1) is 20.7. The number of esters is 1. The van der Waals surface area contributed by atoms with E-state index in [9.17, 15) is 14.4 Å². The van der Waals surface area contributed by atoms with Crippen molar-refractivity contribution in [2.45, 2.75) is 6.42 Å². The summed E-state index contributed by atoms with van der Waals surface area (Å²) in [6.45, 7) is -0.428. The summed E-state index contributed by atoms with van der Waals surface area (Å²) in [5.41, 5.74) is 1.56. The molecule has 2 rings (SSSR count). The molecule has 0 aliphatic carbocycles. The van der Waals surface area contributed by atoms with E-state index in [1.807, 2.05) is 0 Å². The molecule has 0 saturated carbocycles. The molecule has 0 aliphatic heterocycles. The van der Waals surface area contributed by atoms with Gasteiger partial charge in [-0.3, -0.25) is 14.4 Å². The maximum atomic E-state index is 11.9. The van der Waals surface area contributed by atoms with Crippen LogP contribution in [0.4, 0.5) is 5.69 Å². The Morgan fingerprint density at radius 1 is 1.04 bits per heavy atom. The quantitative estimate of drug-likeness (QED) is 0.742. The fraction of sp³-hybridized carbons (Fsp3) is 0.211. The molecule has 0 atom stereocenters. The number of carbonyl (C=O) groups is 3. The molecule has 0 bridgehead atoms. The lowest BCUT2D eigenvalue weighted by atomic mass is 10.1. The van der Waals surface area contributed by atoms with Crippen LogP contribution < -0.4 is 5.32 Å². The molecule has 0 aliphatic rings. The van der Waals surface area contributed by atoms with Crippen LogP contribution in [-0.2, 0) is 20.7 Å². The summed E-state index contributed by atoms with van der Waals surface area (Å²) in [5.74, 6) is -1.21. The van der Waals surface area contributed by atoms with Crippen molar-refractivity contribution in [1.82, 2.24) is 4.90 Å². The summed E-state index contributed by atoms with van der Waals surface area (Å²) < 4.78 is 4.96. The zero-order chi connectivity index (χ0) is 20.0. The lowest BCUT2D eigenvalue weighted by molar-refractivity contribution is -0.146. The highest BCUT2D eigenvalue weighted by Crippen LogP contribution is 2.21. The number of halogens is 2. The van der Waals surface area contributed by atoms with Crippen LogP contribution in [0.15, 0.2) is 42.5 Å². The lowest BCUT2D eigenvalue weighted by Gasteiger charge is -2.11. The number of carbonyl (C=O) groups excluding carboxylic acids is 3. The molecule has 0 fully saturated rings. The van der Waals surface area contributed by atoms with E-state index in [2.05, 4.69) is 5.32 Å². The topological polar surface area (TPSA) is 75.7 Å². The normalized spacial score (nSPS) is 10.2. The van der Waals surface area contributed by atoms with E-state index in [1.165, 1.54) is 11.0 Å². The molecule has 6 nitrogen and oxygen atoms in total. The van der Waals surface area contributed by atoms with Gasteiger partial charge in [-0.1, -0.05) is 29.3 Å². The van der Waals surface area contributed by atoms with Gasteiger partial charge in [0.05, 0.1) is 6.42 Å². The van der Waals surface area contributed by atoms with Gasteiger partial charge in [0, 0.05) is 35.4 Å². The highest BCUT2D eigenvalue weighted by atomic mass is 35.5. The molecule has 0 heterocycles. The second-order valence-electron chi connectivity index (χ2n) is 5.90. The summed E-state index contributed by atoms with van der Waals surface area (Å²) in [5, 5.41) is 3.42. The van der Waals surface area contributed by atoms with Gasteiger partial charge in [0.25, 0.3) is 11.8 Å². The second kappa shape index (κ2) is 9.39. The van der Waals surface area contributed by atoms with Crippen molar-refractivity contribution in [3.8, 4) is 0 Å². The van der Waals surface area contributed by atoms with Gasteiger partial charge in [-0.15, -0.1) is 0 Å². The average Bonchev–Trinajstić information content (AvgIpc) is 2.62. The van der Waals surface area contributed by atoms with Crippen LogP contribution in [0.25, 0.3) is 0 Å². The van der Waals surface area contributed by atoms with Crippen LogP contribution in [0, 0.1) is 0 Å². The third kappa shape index (κ3) is 6.27. The zero-order valence-electron chi connectivity index (χ0n) is 14.8. The molecule has 2 aromatic carbocycles. The van der Waals surface area contributed by atoms with Crippen molar-refractivity contribution in [3.63, 3.8) is 0 Å². The number of rotatable bonds is 6. The van der Waals surface area contributed by atoms with Gasteiger partial charge in [0.2, 0.25) is 0 Å². The maximum absolute atomic E-state index is 11.9. The molecular weight excluding hydrogens is 391 g/mol. The van der Waals surface area contributed by atoms with E-state index < -0.39 is 18.5 Å². The van der Waals surface area contributed by atoms with Crippen LogP contribution in [-0.4, -0.2) is 43.4 Å². The minimum absolute atomic E-state index is 0.0649. The van der Waals surface area contributed by atoms with Crippen LogP contribution in [0.2, 0.25) is 10.0 Å². The van der Waals surface area contributed by atoms with E-state index in [1.54, 1.807) is 50.5 Å². The van der Waals surface area contributed by atoms with Crippen molar-refractivity contribution in [2.75, 3.05) is 26.0 Å². The molecule has 142 valence electrons.